The van der Waals surface area contributed by atoms with Gasteiger partial charge in [-0.1, -0.05) is 0 Å². The average molecular weight is 315 g/mol. The summed E-state index contributed by atoms with van der Waals surface area (Å²) in [4.78, 5) is 2.53. The van der Waals surface area contributed by atoms with Crippen LogP contribution in [0.15, 0.2) is 4.47 Å². The monoisotopic (exact) mass is 314 g/mol. The normalized spacial score (nSPS) is 25.6. The summed E-state index contributed by atoms with van der Waals surface area (Å²) < 4.78 is 3.13. The lowest BCUT2D eigenvalue weighted by Gasteiger charge is -2.37. The Kier molecular flexibility index (Phi) is 4.45. The third kappa shape index (κ3) is 2.78. The minimum Gasteiger partial charge on any atom is -0.330 e. The summed E-state index contributed by atoms with van der Waals surface area (Å²) in [5, 5.41) is 4.46. The van der Waals surface area contributed by atoms with Crippen molar-refractivity contribution in [2.45, 2.75) is 39.3 Å². The highest BCUT2D eigenvalue weighted by atomic mass is 79.9. The SMILES string of the molecule is Cc1nn(C)c(CN2CC(CN)CCC2C)c1Br. The smallest absolute Gasteiger partial charge is 0.0739 e. The van der Waals surface area contributed by atoms with Crippen molar-refractivity contribution >= 4 is 15.9 Å². The molecule has 2 unspecified atom stereocenters. The molecule has 102 valence electrons. The van der Waals surface area contributed by atoms with E-state index in [0.717, 1.165) is 29.8 Å². The topological polar surface area (TPSA) is 47.1 Å². The molecule has 0 aromatic carbocycles. The molecule has 0 saturated carbocycles. The second-order valence-corrected chi connectivity index (χ2v) is 6.22. The largest absolute Gasteiger partial charge is 0.330 e. The van der Waals surface area contributed by atoms with Crippen LogP contribution in [-0.2, 0) is 13.6 Å². The molecule has 2 atom stereocenters. The van der Waals surface area contributed by atoms with Gasteiger partial charge in [0.15, 0.2) is 0 Å². The maximum absolute atomic E-state index is 5.81. The molecule has 2 rings (SSSR count). The molecule has 1 aromatic heterocycles. The van der Waals surface area contributed by atoms with Crippen LogP contribution in [-0.4, -0.2) is 33.8 Å². The number of halogens is 1. The lowest BCUT2D eigenvalue weighted by molar-refractivity contribution is 0.110. The molecule has 0 amide bonds. The Morgan fingerprint density at radius 3 is 2.72 bits per heavy atom. The number of piperidine rings is 1. The first-order chi connectivity index (χ1) is 8.52. The minimum absolute atomic E-state index is 0.634. The molecule has 18 heavy (non-hydrogen) atoms. The number of nitrogens with two attached hydrogens (primary N) is 1. The van der Waals surface area contributed by atoms with E-state index in [-0.39, 0.29) is 0 Å². The third-order valence-corrected chi connectivity index (χ3v) is 5.09. The maximum atomic E-state index is 5.81. The maximum Gasteiger partial charge on any atom is 0.0739 e. The van der Waals surface area contributed by atoms with Gasteiger partial charge in [0.05, 0.1) is 15.9 Å². The predicted molar refractivity (Wildman–Crippen MR) is 77.3 cm³/mol. The van der Waals surface area contributed by atoms with Crippen LogP contribution in [0.1, 0.15) is 31.2 Å². The van der Waals surface area contributed by atoms with Crippen molar-refractivity contribution in [1.29, 1.82) is 0 Å². The summed E-state index contributed by atoms with van der Waals surface area (Å²) >= 11 is 3.65. The lowest BCUT2D eigenvalue weighted by atomic mass is 9.93. The van der Waals surface area contributed by atoms with Crippen LogP contribution in [0.3, 0.4) is 0 Å². The van der Waals surface area contributed by atoms with E-state index in [4.69, 9.17) is 5.73 Å². The molecule has 0 aliphatic carbocycles. The van der Waals surface area contributed by atoms with E-state index in [9.17, 15) is 0 Å². The number of hydrogen-bond acceptors (Lipinski definition) is 3. The zero-order valence-corrected chi connectivity index (χ0v) is 13.1. The molecule has 0 bridgehead atoms. The summed E-state index contributed by atoms with van der Waals surface area (Å²) in [5.74, 6) is 0.647. The third-order valence-electron chi connectivity index (χ3n) is 4.06. The first-order valence-corrected chi connectivity index (χ1v) is 7.44. The van der Waals surface area contributed by atoms with Gasteiger partial charge in [-0.3, -0.25) is 9.58 Å². The summed E-state index contributed by atoms with van der Waals surface area (Å²) in [6, 6.07) is 0.634. The van der Waals surface area contributed by atoms with Crippen molar-refractivity contribution < 1.29 is 0 Å². The van der Waals surface area contributed by atoms with Crippen LogP contribution in [0, 0.1) is 12.8 Å². The molecule has 0 radical (unpaired) electrons. The molecule has 1 fully saturated rings. The number of rotatable bonds is 3. The van der Waals surface area contributed by atoms with E-state index in [1.54, 1.807) is 0 Å². The highest BCUT2D eigenvalue weighted by molar-refractivity contribution is 9.10. The number of likely N-dealkylation sites (tertiary alicyclic amines) is 1. The van der Waals surface area contributed by atoms with E-state index in [2.05, 4.69) is 32.9 Å². The second kappa shape index (κ2) is 5.72. The van der Waals surface area contributed by atoms with Crippen molar-refractivity contribution in [3.05, 3.63) is 15.9 Å². The Bertz CT molecular complexity index is 415. The molecule has 2 heterocycles. The zero-order valence-electron chi connectivity index (χ0n) is 11.5. The van der Waals surface area contributed by atoms with Gasteiger partial charge in [0.2, 0.25) is 0 Å². The number of aryl methyl sites for hydroxylation is 2. The Morgan fingerprint density at radius 1 is 1.44 bits per heavy atom. The summed E-state index contributed by atoms with van der Waals surface area (Å²) in [7, 11) is 2.02. The molecule has 1 aromatic rings. The zero-order chi connectivity index (χ0) is 13.3. The Hall–Kier alpha value is -0.390. The van der Waals surface area contributed by atoms with Gasteiger partial charge >= 0.3 is 0 Å². The van der Waals surface area contributed by atoms with Gasteiger partial charge < -0.3 is 5.73 Å². The van der Waals surface area contributed by atoms with E-state index < -0.39 is 0 Å². The van der Waals surface area contributed by atoms with Gasteiger partial charge in [-0.05, 0) is 55.1 Å². The van der Waals surface area contributed by atoms with E-state index in [1.807, 2.05) is 18.7 Å². The molecule has 0 spiro atoms. The van der Waals surface area contributed by atoms with Crippen molar-refractivity contribution in [1.82, 2.24) is 14.7 Å². The average Bonchev–Trinajstić information content (AvgIpc) is 2.58. The van der Waals surface area contributed by atoms with Gasteiger partial charge in [-0.2, -0.15) is 5.10 Å². The Morgan fingerprint density at radius 2 is 2.17 bits per heavy atom. The van der Waals surface area contributed by atoms with Gasteiger partial charge in [0, 0.05) is 26.2 Å². The van der Waals surface area contributed by atoms with Crippen molar-refractivity contribution in [2.75, 3.05) is 13.1 Å². The molecular weight excluding hydrogens is 292 g/mol. The first-order valence-electron chi connectivity index (χ1n) is 6.65. The van der Waals surface area contributed by atoms with E-state index in [1.165, 1.54) is 18.5 Å². The van der Waals surface area contributed by atoms with E-state index in [0.29, 0.717) is 12.0 Å². The summed E-state index contributed by atoms with van der Waals surface area (Å²) in [6.45, 7) is 7.21. The van der Waals surface area contributed by atoms with Crippen LogP contribution in [0.2, 0.25) is 0 Å². The Labute approximate surface area is 118 Å². The lowest BCUT2D eigenvalue weighted by Crippen LogP contribution is -2.43. The predicted octanol–water partition coefficient (Wildman–Crippen LogP) is 2.05. The number of hydrogen-bond donors (Lipinski definition) is 1. The fourth-order valence-corrected chi connectivity index (χ4v) is 3.18. The Balaban J connectivity index is 2.11. The molecule has 1 aliphatic heterocycles. The highest BCUT2D eigenvalue weighted by Crippen LogP contribution is 2.26. The fourth-order valence-electron chi connectivity index (χ4n) is 2.72. The molecule has 5 heteroatoms. The summed E-state index contributed by atoms with van der Waals surface area (Å²) in [6.07, 6.45) is 2.51. The standard InChI is InChI=1S/C13H23BrN4/c1-9-4-5-11(6-15)7-18(9)8-12-13(14)10(2)16-17(12)3/h9,11H,4-8,15H2,1-3H3. The van der Waals surface area contributed by atoms with Crippen LogP contribution in [0.4, 0.5) is 0 Å². The van der Waals surface area contributed by atoms with Crippen LogP contribution in [0.25, 0.3) is 0 Å². The highest BCUT2D eigenvalue weighted by Gasteiger charge is 2.26. The van der Waals surface area contributed by atoms with E-state index >= 15 is 0 Å². The van der Waals surface area contributed by atoms with Gasteiger partial charge in [0.1, 0.15) is 0 Å². The number of nitrogens with zero attached hydrogens (tertiary/aromatic N) is 3. The van der Waals surface area contributed by atoms with Gasteiger partial charge in [-0.15, -0.1) is 0 Å². The molecule has 1 aliphatic rings. The second-order valence-electron chi connectivity index (χ2n) is 5.43. The van der Waals surface area contributed by atoms with Crippen LogP contribution >= 0.6 is 15.9 Å². The molecular formula is C13H23BrN4. The summed E-state index contributed by atoms with van der Waals surface area (Å²) in [5.41, 5.74) is 8.14. The molecule has 4 nitrogen and oxygen atoms in total. The van der Waals surface area contributed by atoms with Gasteiger partial charge in [0.25, 0.3) is 0 Å². The fraction of sp³-hybridized carbons (Fsp3) is 0.769. The minimum atomic E-state index is 0.634. The van der Waals surface area contributed by atoms with Crippen molar-refractivity contribution in [3.63, 3.8) is 0 Å². The van der Waals surface area contributed by atoms with Gasteiger partial charge in [-0.25, -0.2) is 0 Å². The molecule has 1 saturated heterocycles. The van der Waals surface area contributed by atoms with Crippen molar-refractivity contribution in [2.24, 2.45) is 18.7 Å². The molecule has 2 N–H and O–H groups in total. The first kappa shape index (κ1) is 14.0. The van der Waals surface area contributed by atoms with Crippen LogP contribution < -0.4 is 5.73 Å². The van der Waals surface area contributed by atoms with Crippen LogP contribution in [0.5, 0.6) is 0 Å². The van der Waals surface area contributed by atoms with Crippen molar-refractivity contribution in [3.8, 4) is 0 Å². The number of aromatic nitrogens is 2. The quantitative estimate of drug-likeness (QED) is 0.929.